The molecule has 1 aromatic carbocycles. The Hall–Kier alpha value is -1.45. The monoisotopic (exact) mass is 271 g/mol. The van der Waals surface area contributed by atoms with Crippen molar-refractivity contribution in [3.63, 3.8) is 0 Å². The molecule has 0 spiro atoms. The van der Waals surface area contributed by atoms with E-state index in [9.17, 15) is 5.11 Å². The number of benzene rings is 1. The highest BCUT2D eigenvalue weighted by molar-refractivity contribution is 5.81. The number of hydrogen-bond donors (Lipinski definition) is 1. The Bertz CT molecular complexity index is 585. The molecule has 3 rings (SSSR count). The van der Waals surface area contributed by atoms with E-state index in [4.69, 9.17) is 4.74 Å². The number of hydrogen-bond acceptors (Lipinski definition) is 3. The van der Waals surface area contributed by atoms with Crippen LogP contribution >= 0.6 is 0 Å². The fourth-order valence-corrected chi connectivity index (χ4v) is 3.37. The Morgan fingerprint density at radius 1 is 1.25 bits per heavy atom. The molecule has 0 aliphatic heterocycles. The zero-order valence-corrected chi connectivity index (χ0v) is 11.9. The normalized spacial score (nSPS) is 19.3. The molecule has 1 aromatic heterocycles. The third-order valence-electron chi connectivity index (χ3n) is 4.62. The summed E-state index contributed by atoms with van der Waals surface area (Å²) in [5.41, 5.74) is 1.77. The Labute approximate surface area is 119 Å². The van der Waals surface area contributed by atoms with Crippen LogP contribution in [0.4, 0.5) is 0 Å². The smallest absolute Gasteiger partial charge is 0.0939 e. The van der Waals surface area contributed by atoms with Crippen molar-refractivity contribution in [3.05, 3.63) is 42.1 Å². The van der Waals surface area contributed by atoms with E-state index in [0.29, 0.717) is 6.42 Å². The molecular weight excluding hydrogens is 250 g/mol. The minimum absolute atomic E-state index is 0.357. The van der Waals surface area contributed by atoms with E-state index in [1.165, 1.54) is 0 Å². The van der Waals surface area contributed by atoms with Gasteiger partial charge in [0.05, 0.1) is 17.2 Å². The molecule has 106 valence electrons. The van der Waals surface area contributed by atoms with Crippen molar-refractivity contribution in [2.24, 2.45) is 0 Å². The van der Waals surface area contributed by atoms with Gasteiger partial charge in [0, 0.05) is 25.1 Å². The fourth-order valence-electron chi connectivity index (χ4n) is 3.37. The molecular formula is C17H21NO2. The van der Waals surface area contributed by atoms with E-state index in [2.05, 4.69) is 11.1 Å². The molecule has 1 N–H and O–H groups in total. The van der Waals surface area contributed by atoms with Gasteiger partial charge in [0.1, 0.15) is 0 Å². The Morgan fingerprint density at radius 3 is 2.75 bits per heavy atom. The van der Waals surface area contributed by atoms with Crippen LogP contribution in [0.15, 0.2) is 36.5 Å². The lowest BCUT2D eigenvalue weighted by atomic mass is 9.89. The third-order valence-corrected chi connectivity index (χ3v) is 4.62. The molecule has 1 aliphatic carbocycles. The standard InChI is InChI=1S/C17H21NO2/c1-20-17(9-4-5-10-17)16(19)12-13-8-11-18-15-7-3-2-6-14(13)15/h2-3,6-8,11,16,19H,4-5,9-10,12H2,1H3. The number of methoxy groups -OCH3 is 1. The first-order valence-corrected chi connectivity index (χ1v) is 7.31. The van der Waals surface area contributed by atoms with Crippen molar-refractivity contribution in [1.82, 2.24) is 4.98 Å². The Balaban J connectivity index is 1.89. The zero-order chi connectivity index (χ0) is 14.0. The summed E-state index contributed by atoms with van der Waals surface area (Å²) in [6.45, 7) is 0. The molecule has 3 heteroatoms. The highest BCUT2D eigenvalue weighted by atomic mass is 16.5. The highest BCUT2D eigenvalue weighted by Crippen LogP contribution is 2.37. The predicted molar refractivity (Wildman–Crippen MR) is 79.7 cm³/mol. The summed E-state index contributed by atoms with van der Waals surface area (Å²) in [6.07, 6.45) is 6.17. The summed E-state index contributed by atoms with van der Waals surface area (Å²) in [7, 11) is 1.72. The molecule has 0 bridgehead atoms. The van der Waals surface area contributed by atoms with Crippen molar-refractivity contribution >= 4 is 10.9 Å². The van der Waals surface area contributed by atoms with E-state index in [-0.39, 0.29) is 5.60 Å². The van der Waals surface area contributed by atoms with Crippen LogP contribution in [-0.2, 0) is 11.2 Å². The van der Waals surface area contributed by atoms with Crippen LogP contribution in [0.25, 0.3) is 10.9 Å². The van der Waals surface area contributed by atoms with Gasteiger partial charge in [0.25, 0.3) is 0 Å². The summed E-state index contributed by atoms with van der Waals surface area (Å²) >= 11 is 0. The Kier molecular flexibility index (Phi) is 3.72. The quantitative estimate of drug-likeness (QED) is 0.929. The van der Waals surface area contributed by atoms with Crippen molar-refractivity contribution in [3.8, 4) is 0 Å². The first-order chi connectivity index (χ1) is 9.75. The summed E-state index contributed by atoms with van der Waals surface area (Å²) in [4.78, 5) is 4.37. The summed E-state index contributed by atoms with van der Waals surface area (Å²) < 4.78 is 5.68. The number of nitrogens with zero attached hydrogens (tertiary/aromatic N) is 1. The number of pyridine rings is 1. The summed E-state index contributed by atoms with van der Waals surface area (Å²) in [5, 5.41) is 11.8. The van der Waals surface area contributed by atoms with Crippen LogP contribution in [0.1, 0.15) is 31.2 Å². The van der Waals surface area contributed by atoms with Gasteiger partial charge in [-0.25, -0.2) is 0 Å². The zero-order valence-electron chi connectivity index (χ0n) is 11.9. The van der Waals surface area contributed by atoms with Gasteiger partial charge in [-0.15, -0.1) is 0 Å². The molecule has 3 nitrogen and oxygen atoms in total. The number of aliphatic hydroxyl groups is 1. The van der Waals surface area contributed by atoms with Crippen LogP contribution in [0, 0.1) is 0 Å². The van der Waals surface area contributed by atoms with Gasteiger partial charge >= 0.3 is 0 Å². The molecule has 0 amide bonds. The van der Waals surface area contributed by atoms with Gasteiger partial charge in [0.2, 0.25) is 0 Å². The number of fused-ring (bicyclic) bond motifs is 1. The van der Waals surface area contributed by atoms with E-state index < -0.39 is 6.10 Å². The molecule has 1 heterocycles. The first kappa shape index (κ1) is 13.5. The topological polar surface area (TPSA) is 42.4 Å². The number of aromatic nitrogens is 1. The van der Waals surface area contributed by atoms with Gasteiger partial charge in [-0.05, 0) is 30.5 Å². The first-order valence-electron chi connectivity index (χ1n) is 7.31. The lowest BCUT2D eigenvalue weighted by molar-refractivity contribution is -0.0970. The summed E-state index contributed by atoms with van der Waals surface area (Å²) in [6, 6.07) is 10.1. The molecule has 2 aromatic rings. The molecule has 1 aliphatic rings. The van der Waals surface area contributed by atoms with Crippen LogP contribution in [0.2, 0.25) is 0 Å². The lowest BCUT2D eigenvalue weighted by Crippen LogP contribution is -2.42. The van der Waals surface area contributed by atoms with E-state index >= 15 is 0 Å². The molecule has 0 saturated heterocycles. The maximum absolute atomic E-state index is 10.7. The average Bonchev–Trinajstić information content (AvgIpc) is 2.98. The molecule has 1 atom stereocenters. The second kappa shape index (κ2) is 5.51. The van der Waals surface area contributed by atoms with Crippen molar-refractivity contribution in [2.45, 2.75) is 43.8 Å². The van der Waals surface area contributed by atoms with Crippen LogP contribution in [0.3, 0.4) is 0 Å². The van der Waals surface area contributed by atoms with Crippen molar-refractivity contribution < 1.29 is 9.84 Å². The Morgan fingerprint density at radius 2 is 2.00 bits per heavy atom. The fraction of sp³-hybridized carbons (Fsp3) is 0.471. The molecule has 1 fully saturated rings. The molecule has 20 heavy (non-hydrogen) atoms. The van der Waals surface area contributed by atoms with E-state index in [1.54, 1.807) is 7.11 Å². The maximum Gasteiger partial charge on any atom is 0.0939 e. The van der Waals surface area contributed by atoms with Crippen molar-refractivity contribution in [1.29, 1.82) is 0 Å². The van der Waals surface area contributed by atoms with Gasteiger partial charge in [-0.3, -0.25) is 4.98 Å². The largest absolute Gasteiger partial charge is 0.390 e. The highest BCUT2D eigenvalue weighted by Gasteiger charge is 2.40. The van der Waals surface area contributed by atoms with Gasteiger partial charge in [-0.1, -0.05) is 31.0 Å². The van der Waals surface area contributed by atoms with Gasteiger partial charge < -0.3 is 9.84 Å². The maximum atomic E-state index is 10.7. The second-order valence-electron chi connectivity index (χ2n) is 5.68. The third kappa shape index (κ3) is 2.32. The average molecular weight is 271 g/mol. The number of ether oxygens (including phenoxy) is 1. The summed E-state index contributed by atoms with van der Waals surface area (Å²) in [5.74, 6) is 0. The second-order valence-corrected chi connectivity index (χ2v) is 5.68. The minimum atomic E-state index is -0.458. The molecule has 1 unspecified atom stereocenters. The van der Waals surface area contributed by atoms with Crippen molar-refractivity contribution in [2.75, 3.05) is 7.11 Å². The predicted octanol–water partition coefficient (Wildman–Crippen LogP) is 3.10. The number of rotatable bonds is 4. The van der Waals surface area contributed by atoms with E-state index in [0.717, 1.165) is 42.1 Å². The number of para-hydroxylation sites is 1. The minimum Gasteiger partial charge on any atom is -0.390 e. The van der Waals surface area contributed by atoms with Crippen LogP contribution < -0.4 is 0 Å². The van der Waals surface area contributed by atoms with Gasteiger partial charge in [0.15, 0.2) is 0 Å². The SMILES string of the molecule is COC1(C(O)Cc2ccnc3ccccc23)CCCC1. The number of aliphatic hydroxyl groups excluding tert-OH is 1. The molecule has 1 saturated carbocycles. The van der Waals surface area contributed by atoms with Crippen LogP contribution in [0.5, 0.6) is 0 Å². The van der Waals surface area contributed by atoms with E-state index in [1.807, 2.05) is 30.5 Å². The molecule has 0 radical (unpaired) electrons. The van der Waals surface area contributed by atoms with Gasteiger partial charge in [-0.2, -0.15) is 0 Å². The van der Waals surface area contributed by atoms with Crippen LogP contribution in [-0.4, -0.2) is 28.9 Å². The lowest BCUT2D eigenvalue weighted by Gasteiger charge is -2.33.